The molecule has 0 saturated carbocycles. The van der Waals surface area contributed by atoms with Gasteiger partial charge in [0.15, 0.2) is 0 Å². The number of anilines is 1. The molecule has 0 spiro atoms. The van der Waals surface area contributed by atoms with E-state index >= 15 is 0 Å². The van der Waals surface area contributed by atoms with Crippen LogP contribution in [-0.4, -0.2) is 38.5 Å². The van der Waals surface area contributed by atoms with Gasteiger partial charge in [-0.1, -0.05) is 0 Å². The molecule has 2 rings (SSSR count). The molecule has 1 aromatic carbocycles. The standard InChI is InChI=1S/C9H9N5O3/c1-17-8-3-6(11-9(15)16)2-7(4-8)14-5-10-12-13-14/h2-5,11H,1H3,(H,15,16). The smallest absolute Gasteiger partial charge is 0.409 e. The van der Waals surface area contributed by atoms with Crippen LogP contribution in [0.25, 0.3) is 5.69 Å². The molecule has 1 amide bonds. The van der Waals surface area contributed by atoms with Crippen LogP contribution in [0.1, 0.15) is 0 Å². The number of hydrogen-bond acceptors (Lipinski definition) is 5. The van der Waals surface area contributed by atoms with Gasteiger partial charge in [-0.15, -0.1) is 5.10 Å². The van der Waals surface area contributed by atoms with E-state index in [9.17, 15) is 4.79 Å². The van der Waals surface area contributed by atoms with E-state index in [4.69, 9.17) is 9.84 Å². The van der Waals surface area contributed by atoms with E-state index in [1.165, 1.54) is 18.1 Å². The van der Waals surface area contributed by atoms with Crippen molar-refractivity contribution in [2.45, 2.75) is 0 Å². The number of ether oxygens (including phenoxy) is 1. The van der Waals surface area contributed by atoms with Gasteiger partial charge in [0.25, 0.3) is 0 Å². The summed E-state index contributed by atoms with van der Waals surface area (Å²) in [6, 6.07) is 4.83. The van der Waals surface area contributed by atoms with Crippen molar-refractivity contribution in [3.63, 3.8) is 0 Å². The topological polar surface area (TPSA) is 102 Å². The monoisotopic (exact) mass is 235 g/mol. The Morgan fingerprint density at radius 1 is 1.47 bits per heavy atom. The summed E-state index contributed by atoms with van der Waals surface area (Å²) >= 11 is 0. The fraction of sp³-hybridized carbons (Fsp3) is 0.111. The second-order valence-electron chi connectivity index (χ2n) is 3.10. The maximum atomic E-state index is 10.6. The molecule has 0 radical (unpaired) electrons. The minimum Gasteiger partial charge on any atom is -0.497 e. The highest BCUT2D eigenvalue weighted by Gasteiger charge is 2.06. The second kappa shape index (κ2) is 4.47. The molecular formula is C9H9N5O3. The molecule has 0 bridgehead atoms. The molecule has 0 fully saturated rings. The van der Waals surface area contributed by atoms with Crippen molar-refractivity contribution in [2.24, 2.45) is 0 Å². The predicted octanol–water partition coefficient (Wildman–Crippen LogP) is 0.761. The molecule has 0 atom stereocenters. The highest BCUT2D eigenvalue weighted by molar-refractivity contribution is 5.83. The van der Waals surface area contributed by atoms with Gasteiger partial charge in [-0.3, -0.25) is 5.32 Å². The van der Waals surface area contributed by atoms with Gasteiger partial charge < -0.3 is 9.84 Å². The summed E-state index contributed by atoms with van der Waals surface area (Å²) in [5, 5.41) is 21.6. The molecule has 0 aliphatic rings. The summed E-state index contributed by atoms with van der Waals surface area (Å²) in [5.41, 5.74) is 0.973. The lowest BCUT2D eigenvalue weighted by Crippen LogP contribution is -2.08. The molecule has 1 heterocycles. The lowest BCUT2D eigenvalue weighted by molar-refractivity contribution is 0.210. The zero-order valence-electron chi connectivity index (χ0n) is 8.86. The fourth-order valence-corrected chi connectivity index (χ4v) is 1.31. The third kappa shape index (κ3) is 2.48. The van der Waals surface area contributed by atoms with Crippen LogP contribution < -0.4 is 10.1 Å². The number of nitrogens with one attached hydrogen (secondary N) is 1. The summed E-state index contributed by atoms with van der Waals surface area (Å²) in [5.74, 6) is 0.502. The summed E-state index contributed by atoms with van der Waals surface area (Å²) in [7, 11) is 1.49. The van der Waals surface area contributed by atoms with E-state index < -0.39 is 6.09 Å². The van der Waals surface area contributed by atoms with Crippen molar-refractivity contribution >= 4 is 11.8 Å². The molecule has 0 saturated heterocycles. The molecule has 0 unspecified atom stereocenters. The highest BCUT2D eigenvalue weighted by Crippen LogP contribution is 2.22. The number of methoxy groups -OCH3 is 1. The zero-order chi connectivity index (χ0) is 12.3. The van der Waals surface area contributed by atoms with Crippen LogP contribution in [0, 0.1) is 0 Å². The summed E-state index contributed by atoms with van der Waals surface area (Å²) in [4.78, 5) is 10.6. The molecule has 88 valence electrons. The van der Waals surface area contributed by atoms with Crippen molar-refractivity contribution in [2.75, 3.05) is 12.4 Å². The third-order valence-corrected chi connectivity index (χ3v) is 1.99. The van der Waals surface area contributed by atoms with Crippen molar-refractivity contribution < 1.29 is 14.6 Å². The number of rotatable bonds is 3. The van der Waals surface area contributed by atoms with Crippen LogP contribution in [0.2, 0.25) is 0 Å². The zero-order valence-corrected chi connectivity index (χ0v) is 8.86. The number of benzene rings is 1. The Morgan fingerprint density at radius 3 is 2.88 bits per heavy atom. The number of carboxylic acid groups (broad SMARTS) is 1. The Hall–Kier alpha value is -2.64. The maximum absolute atomic E-state index is 10.6. The van der Waals surface area contributed by atoms with Gasteiger partial charge in [0.2, 0.25) is 0 Å². The van der Waals surface area contributed by atoms with Crippen molar-refractivity contribution in [3.05, 3.63) is 24.5 Å². The number of aromatic nitrogens is 4. The maximum Gasteiger partial charge on any atom is 0.409 e. The first-order valence-corrected chi connectivity index (χ1v) is 4.61. The first-order valence-electron chi connectivity index (χ1n) is 4.61. The summed E-state index contributed by atoms with van der Waals surface area (Å²) in [6.45, 7) is 0. The van der Waals surface area contributed by atoms with Crippen molar-refractivity contribution in [1.82, 2.24) is 20.2 Å². The molecule has 17 heavy (non-hydrogen) atoms. The number of hydrogen-bond donors (Lipinski definition) is 2. The molecule has 2 N–H and O–H groups in total. The quantitative estimate of drug-likeness (QED) is 0.814. The highest BCUT2D eigenvalue weighted by atomic mass is 16.5. The van der Waals surface area contributed by atoms with E-state index in [1.54, 1.807) is 18.2 Å². The van der Waals surface area contributed by atoms with Crippen LogP contribution in [0.5, 0.6) is 5.75 Å². The molecule has 1 aromatic heterocycles. The van der Waals surface area contributed by atoms with Crippen LogP contribution in [0.15, 0.2) is 24.5 Å². The van der Waals surface area contributed by atoms with E-state index in [-0.39, 0.29) is 0 Å². The van der Waals surface area contributed by atoms with Crippen molar-refractivity contribution in [1.29, 1.82) is 0 Å². The van der Waals surface area contributed by atoms with E-state index in [1.807, 2.05) is 0 Å². The van der Waals surface area contributed by atoms with Crippen LogP contribution >= 0.6 is 0 Å². The van der Waals surface area contributed by atoms with Gasteiger partial charge in [0.1, 0.15) is 12.1 Å². The largest absolute Gasteiger partial charge is 0.497 e. The normalized spacial score (nSPS) is 9.94. The predicted molar refractivity (Wildman–Crippen MR) is 57.4 cm³/mol. The number of tetrazole rings is 1. The van der Waals surface area contributed by atoms with Gasteiger partial charge in [0.05, 0.1) is 12.8 Å². The molecule has 8 nitrogen and oxygen atoms in total. The van der Waals surface area contributed by atoms with Gasteiger partial charge in [0, 0.05) is 17.8 Å². The Kier molecular flexibility index (Phi) is 2.86. The average molecular weight is 235 g/mol. The van der Waals surface area contributed by atoms with Crippen molar-refractivity contribution in [3.8, 4) is 11.4 Å². The van der Waals surface area contributed by atoms with E-state index in [0.717, 1.165) is 0 Å². The van der Waals surface area contributed by atoms with Gasteiger partial charge in [-0.2, -0.15) is 0 Å². The molecular weight excluding hydrogens is 226 g/mol. The van der Waals surface area contributed by atoms with Crippen LogP contribution in [-0.2, 0) is 0 Å². The summed E-state index contributed by atoms with van der Waals surface area (Å²) < 4.78 is 6.46. The lowest BCUT2D eigenvalue weighted by Gasteiger charge is -2.07. The van der Waals surface area contributed by atoms with E-state index in [0.29, 0.717) is 17.1 Å². The Labute approximate surface area is 95.8 Å². The van der Waals surface area contributed by atoms with Gasteiger partial charge in [-0.05, 0) is 16.5 Å². The van der Waals surface area contributed by atoms with Crippen LogP contribution in [0.4, 0.5) is 10.5 Å². The number of amides is 1. The van der Waals surface area contributed by atoms with E-state index in [2.05, 4.69) is 20.8 Å². The first-order chi connectivity index (χ1) is 8.19. The van der Waals surface area contributed by atoms with Gasteiger partial charge >= 0.3 is 6.09 Å². The second-order valence-corrected chi connectivity index (χ2v) is 3.10. The SMILES string of the molecule is COc1cc(NC(=O)O)cc(-n2cnnn2)c1. The van der Waals surface area contributed by atoms with Crippen LogP contribution in [0.3, 0.4) is 0 Å². The third-order valence-electron chi connectivity index (χ3n) is 1.99. The fourth-order valence-electron chi connectivity index (χ4n) is 1.31. The molecule has 8 heteroatoms. The molecule has 2 aromatic rings. The Morgan fingerprint density at radius 2 is 2.29 bits per heavy atom. The Balaban J connectivity index is 2.42. The number of carbonyl (C=O) groups is 1. The average Bonchev–Trinajstić information content (AvgIpc) is 2.81. The molecule has 0 aliphatic carbocycles. The molecule has 0 aliphatic heterocycles. The minimum atomic E-state index is -1.15. The Bertz CT molecular complexity index is 525. The van der Waals surface area contributed by atoms with Gasteiger partial charge in [-0.25, -0.2) is 9.48 Å². The lowest BCUT2D eigenvalue weighted by atomic mass is 10.2. The summed E-state index contributed by atoms with van der Waals surface area (Å²) in [6.07, 6.45) is 0.250. The number of nitrogens with zero attached hydrogens (tertiary/aromatic N) is 4. The minimum absolute atomic E-state index is 0.377. The first kappa shape index (κ1) is 10.9.